The van der Waals surface area contributed by atoms with Gasteiger partial charge in [0.05, 0.1) is 10.8 Å². The third kappa shape index (κ3) is 3.68. The number of nitrogens with one attached hydrogen (secondary N) is 1. The number of benzene rings is 1. The van der Waals surface area contributed by atoms with Crippen LogP contribution in [0.5, 0.6) is 0 Å². The van der Waals surface area contributed by atoms with Gasteiger partial charge in [-0.05, 0) is 37.1 Å². The highest BCUT2D eigenvalue weighted by Gasteiger charge is 2.22. The van der Waals surface area contributed by atoms with Crippen molar-refractivity contribution in [2.75, 3.05) is 0 Å². The lowest BCUT2D eigenvalue weighted by Gasteiger charge is -2.15. The summed E-state index contributed by atoms with van der Waals surface area (Å²) in [5.74, 6) is 0.644. The van der Waals surface area contributed by atoms with Crippen LogP contribution in [0.15, 0.2) is 53.9 Å². The van der Waals surface area contributed by atoms with E-state index in [2.05, 4.69) is 20.4 Å². The van der Waals surface area contributed by atoms with Crippen LogP contribution >= 0.6 is 11.8 Å². The lowest BCUT2D eigenvalue weighted by molar-refractivity contribution is -0.120. The second-order valence-electron chi connectivity index (χ2n) is 6.40. The number of thioether (sulfide) groups is 1. The molecule has 0 aliphatic rings. The number of rotatable bonds is 6. The van der Waals surface area contributed by atoms with Crippen molar-refractivity contribution in [1.82, 2.24) is 29.9 Å². The zero-order chi connectivity index (χ0) is 19.5. The molecule has 3 aromatic heterocycles. The van der Waals surface area contributed by atoms with Gasteiger partial charge in [0.25, 0.3) is 0 Å². The van der Waals surface area contributed by atoms with Crippen LogP contribution in [0.25, 0.3) is 16.6 Å². The van der Waals surface area contributed by atoms with Crippen molar-refractivity contribution in [2.45, 2.75) is 37.2 Å². The zero-order valence-electron chi connectivity index (χ0n) is 15.7. The van der Waals surface area contributed by atoms with Crippen molar-refractivity contribution in [1.29, 1.82) is 0 Å². The first kappa shape index (κ1) is 18.4. The Balaban J connectivity index is 1.60. The molecule has 1 amide bonds. The van der Waals surface area contributed by atoms with Gasteiger partial charge in [0.2, 0.25) is 5.91 Å². The van der Waals surface area contributed by atoms with E-state index in [-0.39, 0.29) is 11.2 Å². The molecule has 0 saturated carbocycles. The van der Waals surface area contributed by atoms with Crippen LogP contribution in [0.3, 0.4) is 0 Å². The number of nitrogens with zero attached hydrogens (tertiary/aromatic N) is 5. The molecule has 7 nitrogen and oxygen atoms in total. The summed E-state index contributed by atoms with van der Waals surface area (Å²) in [5.41, 5.74) is 2.57. The van der Waals surface area contributed by atoms with Crippen molar-refractivity contribution in [3.8, 4) is 0 Å². The van der Waals surface area contributed by atoms with E-state index < -0.39 is 0 Å². The molecule has 8 heteroatoms. The Morgan fingerprint density at radius 2 is 2.07 bits per heavy atom. The second-order valence-corrected chi connectivity index (χ2v) is 7.57. The fraction of sp³-hybridized carbons (Fsp3) is 0.250. The maximum absolute atomic E-state index is 12.7. The van der Waals surface area contributed by atoms with Crippen LogP contribution < -0.4 is 5.32 Å². The summed E-state index contributed by atoms with van der Waals surface area (Å²) in [4.78, 5) is 26.1. The molecule has 0 saturated heterocycles. The van der Waals surface area contributed by atoms with Crippen molar-refractivity contribution in [3.63, 3.8) is 0 Å². The Hall–Kier alpha value is -3.00. The maximum atomic E-state index is 12.7. The van der Waals surface area contributed by atoms with Crippen molar-refractivity contribution >= 4 is 34.2 Å². The molecule has 1 atom stereocenters. The average molecular weight is 392 g/mol. The second kappa shape index (κ2) is 7.93. The first-order chi connectivity index (χ1) is 13.7. The molecule has 28 heavy (non-hydrogen) atoms. The molecule has 0 unspecified atom stereocenters. The zero-order valence-corrected chi connectivity index (χ0v) is 16.5. The van der Waals surface area contributed by atoms with Gasteiger partial charge in [-0.2, -0.15) is 4.52 Å². The van der Waals surface area contributed by atoms with Crippen molar-refractivity contribution < 1.29 is 4.79 Å². The first-order valence-electron chi connectivity index (χ1n) is 9.11. The Bertz CT molecular complexity index is 1130. The summed E-state index contributed by atoms with van der Waals surface area (Å²) in [6, 6.07) is 11.6. The predicted octanol–water partition coefficient (Wildman–Crippen LogP) is 3.17. The number of aryl methyl sites for hydroxylation is 1. The molecular weight excluding hydrogens is 372 g/mol. The summed E-state index contributed by atoms with van der Waals surface area (Å²) in [6.07, 6.45) is 4.14. The van der Waals surface area contributed by atoms with Crippen LogP contribution in [-0.4, -0.2) is 35.7 Å². The third-order valence-corrected chi connectivity index (χ3v) is 5.66. The highest BCUT2D eigenvalue weighted by molar-refractivity contribution is 8.00. The molecular formula is C20H20N6OS. The van der Waals surface area contributed by atoms with Crippen molar-refractivity contribution in [2.24, 2.45) is 0 Å². The molecule has 0 fully saturated rings. The molecule has 1 N–H and O–H groups in total. The topological polar surface area (TPSA) is 85.1 Å². The molecule has 4 aromatic rings. The molecule has 3 heterocycles. The third-order valence-electron chi connectivity index (χ3n) is 4.36. The number of carbonyl (C=O) groups is 1. The van der Waals surface area contributed by atoms with Gasteiger partial charge in [-0.3, -0.25) is 9.78 Å². The summed E-state index contributed by atoms with van der Waals surface area (Å²) in [5, 5.41) is 8.80. The lowest BCUT2D eigenvalue weighted by atomic mass is 10.2. The Morgan fingerprint density at radius 3 is 2.86 bits per heavy atom. The number of amides is 1. The molecule has 4 rings (SSSR count). The van der Waals surface area contributed by atoms with Crippen LogP contribution in [0.4, 0.5) is 0 Å². The molecule has 1 aromatic carbocycles. The highest BCUT2D eigenvalue weighted by Crippen LogP contribution is 2.28. The van der Waals surface area contributed by atoms with E-state index in [1.807, 2.05) is 50.2 Å². The largest absolute Gasteiger partial charge is 0.351 e. The van der Waals surface area contributed by atoms with Gasteiger partial charge >= 0.3 is 0 Å². The van der Waals surface area contributed by atoms with Crippen molar-refractivity contribution in [3.05, 3.63) is 60.2 Å². The SMILES string of the molecule is CC[C@@H](Sc1nc2ccccc2c2nc(C)nn12)C(=O)NCc1cccnc1. The number of hydrogen-bond donors (Lipinski definition) is 1. The summed E-state index contributed by atoms with van der Waals surface area (Å²) in [7, 11) is 0. The van der Waals surface area contributed by atoms with Gasteiger partial charge in [-0.25, -0.2) is 9.97 Å². The van der Waals surface area contributed by atoms with Gasteiger partial charge in [-0.1, -0.05) is 36.9 Å². The number of para-hydroxylation sites is 1. The quantitative estimate of drug-likeness (QED) is 0.401. The van der Waals surface area contributed by atoms with Gasteiger partial charge in [0.15, 0.2) is 10.8 Å². The van der Waals surface area contributed by atoms with E-state index in [1.54, 1.807) is 16.9 Å². The molecule has 0 spiro atoms. The standard InChI is InChI=1S/C20H20N6OS/c1-3-17(19(27)22-12-14-7-6-10-21-11-14)28-20-24-16-9-5-4-8-15(16)18-23-13(2)25-26(18)20/h4-11,17H,3,12H2,1-2H3,(H,22,27)/t17-/m1/s1. The molecule has 0 radical (unpaired) electrons. The monoisotopic (exact) mass is 392 g/mol. The molecule has 142 valence electrons. The Morgan fingerprint density at radius 1 is 1.21 bits per heavy atom. The highest BCUT2D eigenvalue weighted by atomic mass is 32.2. The number of carbonyl (C=O) groups excluding carboxylic acids is 1. The number of fused-ring (bicyclic) bond motifs is 3. The van der Waals surface area contributed by atoms with E-state index in [1.165, 1.54) is 11.8 Å². The summed E-state index contributed by atoms with van der Waals surface area (Å²) in [6.45, 7) is 4.30. The number of aromatic nitrogens is 5. The van der Waals surface area contributed by atoms with E-state index in [0.717, 1.165) is 22.1 Å². The molecule has 0 bridgehead atoms. The van der Waals surface area contributed by atoms with E-state index >= 15 is 0 Å². The van der Waals surface area contributed by atoms with Gasteiger partial charge in [0, 0.05) is 24.3 Å². The normalized spacial score (nSPS) is 12.4. The minimum absolute atomic E-state index is 0.0312. The van der Waals surface area contributed by atoms with E-state index in [0.29, 0.717) is 23.9 Å². The van der Waals surface area contributed by atoms with E-state index in [4.69, 9.17) is 4.98 Å². The first-order valence-corrected chi connectivity index (χ1v) is 9.99. The molecule has 0 aliphatic heterocycles. The summed E-state index contributed by atoms with van der Waals surface area (Å²) < 4.78 is 1.74. The summed E-state index contributed by atoms with van der Waals surface area (Å²) >= 11 is 1.41. The number of pyridine rings is 1. The van der Waals surface area contributed by atoms with Gasteiger partial charge in [-0.15, -0.1) is 5.10 Å². The van der Waals surface area contributed by atoms with E-state index in [9.17, 15) is 4.79 Å². The van der Waals surface area contributed by atoms with Gasteiger partial charge < -0.3 is 5.32 Å². The van der Waals surface area contributed by atoms with Crippen LogP contribution in [-0.2, 0) is 11.3 Å². The Labute approximate surface area is 166 Å². The Kier molecular flexibility index (Phi) is 5.21. The van der Waals surface area contributed by atoms with Crippen LogP contribution in [0, 0.1) is 6.92 Å². The number of hydrogen-bond acceptors (Lipinski definition) is 6. The maximum Gasteiger partial charge on any atom is 0.233 e. The minimum atomic E-state index is -0.280. The van der Waals surface area contributed by atoms with Gasteiger partial charge in [0.1, 0.15) is 5.82 Å². The molecule has 0 aliphatic carbocycles. The van der Waals surface area contributed by atoms with Crippen LogP contribution in [0.2, 0.25) is 0 Å². The van der Waals surface area contributed by atoms with Crippen LogP contribution in [0.1, 0.15) is 24.7 Å². The lowest BCUT2D eigenvalue weighted by Crippen LogP contribution is -2.32. The average Bonchev–Trinajstić information content (AvgIpc) is 3.13. The fourth-order valence-corrected chi connectivity index (χ4v) is 3.95. The smallest absolute Gasteiger partial charge is 0.233 e. The fourth-order valence-electron chi connectivity index (χ4n) is 2.96. The minimum Gasteiger partial charge on any atom is -0.351 e. The predicted molar refractivity (Wildman–Crippen MR) is 109 cm³/mol.